The fraction of sp³-hybridized carbons (Fsp3) is 0.929. The van der Waals surface area contributed by atoms with Crippen LogP contribution in [-0.2, 0) is 4.79 Å². The average molecular weight is 238 g/mol. The van der Waals surface area contributed by atoms with Gasteiger partial charge in [0.25, 0.3) is 0 Å². The lowest BCUT2D eigenvalue weighted by Crippen LogP contribution is -2.55. The second kappa shape index (κ2) is 4.97. The molecular formula is C14H26N2O. The second-order valence-corrected chi connectivity index (χ2v) is 6.15. The molecule has 1 amide bonds. The molecule has 2 heterocycles. The molecule has 2 fully saturated rings. The molecule has 0 unspecified atom stereocenters. The highest BCUT2D eigenvalue weighted by Crippen LogP contribution is 2.34. The molecule has 17 heavy (non-hydrogen) atoms. The van der Waals surface area contributed by atoms with E-state index >= 15 is 0 Å². The SMILES string of the molecule is C[C@@H]1CCC[C@H](C)N1C(=O)C1(C)CCNCC1. The quantitative estimate of drug-likeness (QED) is 0.759. The monoisotopic (exact) mass is 238 g/mol. The minimum Gasteiger partial charge on any atom is -0.337 e. The standard InChI is InChI=1S/C14H26N2O/c1-11-5-4-6-12(2)16(11)13(17)14(3)7-9-15-10-8-14/h11-12,15H,4-10H2,1-3H3/t11-,12+. The van der Waals surface area contributed by atoms with Crippen molar-refractivity contribution < 1.29 is 4.79 Å². The fourth-order valence-corrected chi connectivity index (χ4v) is 3.33. The molecule has 3 heteroatoms. The number of nitrogens with one attached hydrogen (secondary N) is 1. The van der Waals surface area contributed by atoms with Crippen molar-refractivity contribution in [3.05, 3.63) is 0 Å². The van der Waals surface area contributed by atoms with Crippen LogP contribution in [0.15, 0.2) is 0 Å². The lowest BCUT2D eigenvalue weighted by atomic mass is 9.78. The lowest BCUT2D eigenvalue weighted by molar-refractivity contribution is -0.149. The van der Waals surface area contributed by atoms with Crippen LogP contribution in [0.25, 0.3) is 0 Å². The van der Waals surface area contributed by atoms with E-state index in [0.717, 1.165) is 25.9 Å². The first-order valence-electron chi connectivity index (χ1n) is 7.08. The smallest absolute Gasteiger partial charge is 0.229 e. The molecule has 3 nitrogen and oxygen atoms in total. The molecule has 1 N–H and O–H groups in total. The van der Waals surface area contributed by atoms with E-state index in [4.69, 9.17) is 0 Å². The summed E-state index contributed by atoms with van der Waals surface area (Å²) >= 11 is 0. The molecule has 98 valence electrons. The highest BCUT2D eigenvalue weighted by Gasteiger charge is 2.41. The van der Waals surface area contributed by atoms with Crippen LogP contribution in [0.3, 0.4) is 0 Å². The summed E-state index contributed by atoms with van der Waals surface area (Å²) in [6.07, 6.45) is 5.59. The number of amides is 1. The maximum Gasteiger partial charge on any atom is 0.229 e. The van der Waals surface area contributed by atoms with E-state index in [1.807, 2.05) is 0 Å². The third-order valence-electron chi connectivity index (χ3n) is 4.65. The molecule has 2 aliphatic rings. The maximum atomic E-state index is 12.8. The summed E-state index contributed by atoms with van der Waals surface area (Å²) in [6.45, 7) is 8.54. The minimum absolute atomic E-state index is 0.120. The van der Waals surface area contributed by atoms with E-state index in [1.54, 1.807) is 0 Å². The van der Waals surface area contributed by atoms with Crippen LogP contribution in [0, 0.1) is 5.41 Å². The topological polar surface area (TPSA) is 32.3 Å². The molecule has 0 bridgehead atoms. The summed E-state index contributed by atoms with van der Waals surface area (Å²) < 4.78 is 0. The van der Waals surface area contributed by atoms with E-state index in [9.17, 15) is 4.79 Å². The summed E-state index contributed by atoms with van der Waals surface area (Å²) in [6, 6.07) is 0.857. The van der Waals surface area contributed by atoms with E-state index in [1.165, 1.54) is 19.3 Å². The highest BCUT2D eigenvalue weighted by atomic mass is 16.2. The van der Waals surface area contributed by atoms with Gasteiger partial charge in [-0.3, -0.25) is 4.79 Å². The van der Waals surface area contributed by atoms with E-state index < -0.39 is 0 Å². The van der Waals surface area contributed by atoms with Gasteiger partial charge in [0.15, 0.2) is 0 Å². The molecule has 0 radical (unpaired) electrons. The van der Waals surface area contributed by atoms with E-state index in [-0.39, 0.29) is 5.41 Å². The molecule has 0 aromatic carbocycles. The van der Waals surface area contributed by atoms with Gasteiger partial charge >= 0.3 is 0 Å². The van der Waals surface area contributed by atoms with Crippen LogP contribution >= 0.6 is 0 Å². The third-order valence-corrected chi connectivity index (χ3v) is 4.65. The number of rotatable bonds is 1. The predicted octanol–water partition coefficient (Wildman–Crippen LogP) is 2.17. The molecule has 0 aromatic heterocycles. The number of carbonyl (C=O) groups is 1. The van der Waals surface area contributed by atoms with Crippen LogP contribution in [0.5, 0.6) is 0 Å². The summed E-state index contributed by atoms with van der Waals surface area (Å²) in [5.41, 5.74) is -0.120. The van der Waals surface area contributed by atoms with Gasteiger partial charge in [-0.25, -0.2) is 0 Å². The molecule has 2 aliphatic heterocycles. The first-order chi connectivity index (χ1) is 8.04. The molecule has 0 saturated carbocycles. The fourth-order valence-electron chi connectivity index (χ4n) is 3.33. The highest BCUT2D eigenvalue weighted by molar-refractivity contribution is 5.83. The average Bonchev–Trinajstić information content (AvgIpc) is 2.29. The van der Waals surface area contributed by atoms with Gasteiger partial charge in [-0.15, -0.1) is 0 Å². The van der Waals surface area contributed by atoms with Crippen LogP contribution < -0.4 is 5.32 Å². The Bertz CT molecular complexity index is 274. The van der Waals surface area contributed by atoms with Gasteiger partial charge in [0, 0.05) is 17.5 Å². The Balaban J connectivity index is 2.11. The Morgan fingerprint density at radius 3 is 2.24 bits per heavy atom. The number of nitrogens with zero attached hydrogens (tertiary/aromatic N) is 1. The largest absolute Gasteiger partial charge is 0.337 e. The summed E-state index contributed by atoms with van der Waals surface area (Å²) in [7, 11) is 0. The van der Waals surface area contributed by atoms with Gasteiger partial charge < -0.3 is 10.2 Å². The van der Waals surface area contributed by atoms with Gasteiger partial charge in [-0.2, -0.15) is 0 Å². The van der Waals surface area contributed by atoms with E-state index in [0.29, 0.717) is 18.0 Å². The zero-order chi connectivity index (χ0) is 12.5. The molecule has 0 aromatic rings. The molecule has 2 rings (SSSR count). The first kappa shape index (κ1) is 12.9. The number of piperidine rings is 2. The van der Waals surface area contributed by atoms with Gasteiger partial charge in [0.05, 0.1) is 0 Å². The molecule has 2 atom stereocenters. The molecule has 0 aliphatic carbocycles. The Labute approximate surface area is 105 Å². The predicted molar refractivity (Wildman–Crippen MR) is 69.8 cm³/mol. The summed E-state index contributed by atoms with van der Waals surface area (Å²) in [5, 5.41) is 3.35. The second-order valence-electron chi connectivity index (χ2n) is 6.15. The number of hydrogen-bond donors (Lipinski definition) is 1. The first-order valence-corrected chi connectivity index (χ1v) is 7.08. The summed E-state index contributed by atoms with van der Waals surface area (Å²) in [5.74, 6) is 0.402. The van der Waals surface area contributed by atoms with Gasteiger partial charge in [0.1, 0.15) is 0 Å². The van der Waals surface area contributed by atoms with Crippen molar-refractivity contribution in [1.82, 2.24) is 10.2 Å². The zero-order valence-electron chi connectivity index (χ0n) is 11.5. The number of hydrogen-bond acceptors (Lipinski definition) is 2. The van der Waals surface area contributed by atoms with Crippen LogP contribution in [0.2, 0.25) is 0 Å². The van der Waals surface area contributed by atoms with Crippen molar-refractivity contribution in [2.75, 3.05) is 13.1 Å². The van der Waals surface area contributed by atoms with Crippen molar-refractivity contribution in [1.29, 1.82) is 0 Å². The van der Waals surface area contributed by atoms with E-state index in [2.05, 4.69) is 31.0 Å². The lowest BCUT2D eigenvalue weighted by Gasteiger charge is -2.45. The van der Waals surface area contributed by atoms with Gasteiger partial charge in [0.2, 0.25) is 5.91 Å². The zero-order valence-corrected chi connectivity index (χ0v) is 11.5. The number of likely N-dealkylation sites (tertiary alicyclic amines) is 1. The minimum atomic E-state index is -0.120. The molecular weight excluding hydrogens is 212 g/mol. The normalized spacial score (nSPS) is 33.5. The molecule has 0 spiro atoms. The van der Waals surface area contributed by atoms with Crippen molar-refractivity contribution in [2.45, 2.75) is 65.0 Å². The van der Waals surface area contributed by atoms with Crippen molar-refractivity contribution in [3.63, 3.8) is 0 Å². The van der Waals surface area contributed by atoms with Crippen LogP contribution in [-0.4, -0.2) is 36.0 Å². The van der Waals surface area contributed by atoms with Crippen molar-refractivity contribution >= 4 is 5.91 Å². The Kier molecular flexibility index (Phi) is 3.76. The number of carbonyl (C=O) groups excluding carboxylic acids is 1. The van der Waals surface area contributed by atoms with Crippen LogP contribution in [0.4, 0.5) is 0 Å². The van der Waals surface area contributed by atoms with Crippen LogP contribution in [0.1, 0.15) is 52.9 Å². The summed E-state index contributed by atoms with van der Waals surface area (Å²) in [4.78, 5) is 15.0. The van der Waals surface area contributed by atoms with Crippen molar-refractivity contribution in [2.24, 2.45) is 5.41 Å². The maximum absolute atomic E-state index is 12.8. The Morgan fingerprint density at radius 2 is 1.71 bits per heavy atom. The van der Waals surface area contributed by atoms with Gasteiger partial charge in [-0.05, 0) is 59.0 Å². The van der Waals surface area contributed by atoms with Crippen molar-refractivity contribution in [3.8, 4) is 0 Å². The third kappa shape index (κ3) is 2.49. The van der Waals surface area contributed by atoms with Gasteiger partial charge in [-0.1, -0.05) is 6.92 Å². The molecule has 2 saturated heterocycles. The Hall–Kier alpha value is -0.570. The Morgan fingerprint density at radius 1 is 1.18 bits per heavy atom.